The first-order valence-electron chi connectivity index (χ1n) is 6.94. The van der Waals surface area contributed by atoms with Crippen LogP contribution in [0.25, 0.3) is 0 Å². The number of aryl methyl sites for hydroxylation is 2. The summed E-state index contributed by atoms with van der Waals surface area (Å²) < 4.78 is 5.27. The van der Waals surface area contributed by atoms with Crippen LogP contribution < -0.4 is 4.74 Å². The van der Waals surface area contributed by atoms with E-state index in [1.807, 2.05) is 56.3 Å². The van der Waals surface area contributed by atoms with E-state index in [4.69, 9.17) is 4.74 Å². The SMILES string of the molecule is COc1ccc(C(CC(=O)O)c2ccc(C)cc2)cc1C. The van der Waals surface area contributed by atoms with Gasteiger partial charge in [-0.25, -0.2) is 0 Å². The molecule has 2 aromatic carbocycles. The maximum absolute atomic E-state index is 11.2. The van der Waals surface area contributed by atoms with E-state index in [1.165, 1.54) is 5.56 Å². The first-order chi connectivity index (χ1) is 10.0. The van der Waals surface area contributed by atoms with E-state index in [-0.39, 0.29) is 12.3 Å². The molecule has 0 aliphatic rings. The summed E-state index contributed by atoms with van der Waals surface area (Å²) in [6, 6.07) is 13.9. The van der Waals surface area contributed by atoms with Gasteiger partial charge in [-0.05, 0) is 36.6 Å². The van der Waals surface area contributed by atoms with E-state index in [0.29, 0.717) is 0 Å². The molecule has 1 N–H and O–H groups in total. The highest BCUT2D eigenvalue weighted by Gasteiger charge is 2.18. The van der Waals surface area contributed by atoms with Gasteiger partial charge in [-0.3, -0.25) is 4.79 Å². The van der Waals surface area contributed by atoms with Gasteiger partial charge in [-0.2, -0.15) is 0 Å². The number of carboxylic acid groups (broad SMARTS) is 1. The van der Waals surface area contributed by atoms with E-state index < -0.39 is 5.97 Å². The summed E-state index contributed by atoms with van der Waals surface area (Å²) in [7, 11) is 1.64. The van der Waals surface area contributed by atoms with Crippen LogP contribution in [0, 0.1) is 13.8 Å². The van der Waals surface area contributed by atoms with E-state index in [9.17, 15) is 9.90 Å². The zero-order chi connectivity index (χ0) is 15.4. The zero-order valence-electron chi connectivity index (χ0n) is 12.6. The number of rotatable bonds is 5. The van der Waals surface area contributed by atoms with E-state index in [0.717, 1.165) is 22.4 Å². The van der Waals surface area contributed by atoms with Crippen LogP contribution in [-0.2, 0) is 4.79 Å². The van der Waals surface area contributed by atoms with Gasteiger partial charge in [0.25, 0.3) is 0 Å². The lowest BCUT2D eigenvalue weighted by Crippen LogP contribution is -2.08. The molecule has 0 radical (unpaired) electrons. The zero-order valence-corrected chi connectivity index (χ0v) is 12.6. The first-order valence-corrected chi connectivity index (χ1v) is 6.94. The average Bonchev–Trinajstić information content (AvgIpc) is 2.45. The van der Waals surface area contributed by atoms with Crippen molar-refractivity contribution in [2.24, 2.45) is 0 Å². The Morgan fingerprint density at radius 1 is 1.10 bits per heavy atom. The van der Waals surface area contributed by atoms with Crippen LogP contribution in [0.3, 0.4) is 0 Å². The average molecular weight is 284 g/mol. The van der Waals surface area contributed by atoms with Gasteiger partial charge in [0.15, 0.2) is 0 Å². The monoisotopic (exact) mass is 284 g/mol. The molecule has 1 atom stereocenters. The molecule has 0 amide bonds. The Bertz CT molecular complexity index is 629. The minimum absolute atomic E-state index is 0.0782. The maximum Gasteiger partial charge on any atom is 0.304 e. The number of ether oxygens (including phenoxy) is 1. The van der Waals surface area contributed by atoms with Crippen molar-refractivity contribution >= 4 is 5.97 Å². The lowest BCUT2D eigenvalue weighted by atomic mass is 9.87. The molecule has 0 fully saturated rings. The van der Waals surface area contributed by atoms with Crippen LogP contribution in [0.5, 0.6) is 5.75 Å². The molecule has 0 spiro atoms. The second kappa shape index (κ2) is 6.44. The van der Waals surface area contributed by atoms with Crippen molar-refractivity contribution in [3.63, 3.8) is 0 Å². The summed E-state index contributed by atoms with van der Waals surface area (Å²) in [5.74, 6) is -0.126. The van der Waals surface area contributed by atoms with Crippen molar-refractivity contribution in [3.05, 3.63) is 64.7 Å². The summed E-state index contributed by atoms with van der Waals surface area (Å²) >= 11 is 0. The normalized spacial score (nSPS) is 12.0. The molecule has 21 heavy (non-hydrogen) atoms. The quantitative estimate of drug-likeness (QED) is 0.905. The predicted octanol–water partition coefficient (Wildman–Crippen LogP) is 3.92. The molecule has 3 nitrogen and oxygen atoms in total. The Morgan fingerprint density at radius 3 is 2.24 bits per heavy atom. The third-order valence-corrected chi connectivity index (χ3v) is 3.68. The molecular formula is C18H20O3. The summed E-state index contributed by atoms with van der Waals surface area (Å²) in [5, 5.41) is 9.21. The van der Waals surface area contributed by atoms with Gasteiger partial charge in [0.05, 0.1) is 13.5 Å². The Balaban J connectivity index is 2.42. The molecule has 110 valence electrons. The number of hydrogen-bond acceptors (Lipinski definition) is 2. The summed E-state index contributed by atoms with van der Waals surface area (Å²) in [4.78, 5) is 11.2. The Hall–Kier alpha value is -2.29. The van der Waals surface area contributed by atoms with Gasteiger partial charge in [-0.15, -0.1) is 0 Å². The third-order valence-electron chi connectivity index (χ3n) is 3.68. The van der Waals surface area contributed by atoms with Crippen molar-refractivity contribution in [2.75, 3.05) is 7.11 Å². The standard InChI is InChI=1S/C18H20O3/c1-12-4-6-14(7-5-12)16(11-18(19)20)15-8-9-17(21-3)13(2)10-15/h4-10,16H,11H2,1-3H3,(H,19,20). The van der Waals surface area contributed by atoms with Gasteiger partial charge >= 0.3 is 5.97 Å². The molecule has 3 heteroatoms. The molecule has 0 aliphatic carbocycles. The highest BCUT2D eigenvalue weighted by molar-refractivity contribution is 5.69. The highest BCUT2D eigenvalue weighted by atomic mass is 16.5. The molecule has 0 saturated heterocycles. The first kappa shape index (κ1) is 15.1. The van der Waals surface area contributed by atoms with E-state index in [1.54, 1.807) is 7.11 Å². The molecule has 2 aromatic rings. The van der Waals surface area contributed by atoms with Gasteiger partial charge in [0, 0.05) is 5.92 Å². The fraction of sp³-hybridized carbons (Fsp3) is 0.278. The number of methoxy groups -OCH3 is 1. The van der Waals surface area contributed by atoms with Crippen LogP contribution in [0.4, 0.5) is 0 Å². The predicted molar refractivity (Wildman–Crippen MR) is 83.0 cm³/mol. The molecular weight excluding hydrogens is 264 g/mol. The second-order valence-electron chi connectivity index (χ2n) is 5.29. The number of carboxylic acids is 1. The van der Waals surface area contributed by atoms with Crippen LogP contribution in [0.15, 0.2) is 42.5 Å². The van der Waals surface area contributed by atoms with Gasteiger partial charge in [0.1, 0.15) is 5.75 Å². The van der Waals surface area contributed by atoms with Crippen LogP contribution >= 0.6 is 0 Å². The van der Waals surface area contributed by atoms with Gasteiger partial charge in [0.2, 0.25) is 0 Å². The maximum atomic E-state index is 11.2. The smallest absolute Gasteiger partial charge is 0.304 e. The minimum Gasteiger partial charge on any atom is -0.496 e. The molecule has 0 aromatic heterocycles. The highest BCUT2D eigenvalue weighted by Crippen LogP contribution is 2.31. The lowest BCUT2D eigenvalue weighted by Gasteiger charge is -2.18. The number of carbonyl (C=O) groups is 1. The summed E-state index contributed by atoms with van der Waals surface area (Å²) in [5.41, 5.74) is 4.20. The lowest BCUT2D eigenvalue weighted by molar-refractivity contribution is -0.137. The Labute approximate surface area is 125 Å². The van der Waals surface area contributed by atoms with Crippen molar-refractivity contribution in [2.45, 2.75) is 26.2 Å². The molecule has 0 saturated carbocycles. The van der Waals surface area contributed by atoms with Gasteiger partial charge < -0.3 is 9.84 Å². The van der Waals surface area contributed by atoms with Crippen LogP contribution in [0.1, 0.15) is 34.6 Å². The Morgan fingerprint density at radius 2 is 1.71 bits per heavy atom. The Kier molecular flexibility index (Phi) is 4.63. The van der Waals surface area contributed by atoms with Crippen LogP contribution in [0.2, 0.25) is 0 Å². The largest absolute Gasteiger partial charge is 0.496 e. The number of aliphatic carboxylic acids is 1. The summed E-state index contributed by atoms with van der Waals surface area (Å²) in [6.45, 7) is 3.99. The molecule has 0 bridgehead atoms. The van der Waals surface area contributed by atoms with E-state index in [2.05, 4.69) is 0 Å². The third kappa shape index (κ3) is 3.63. The van der Waals surface area contributed by atoms with Crippen molar-refractivity contribution < 1.29 is 14.6 Å². The topological polar surface area (TPSA) is 46.5 Å². The number of hydrogen-bond donors (Lipinski definition) is 1. The molecule has 2 rings (SSSR count). The fourth-order valence-corrected chi connectivity index (χ4v) is 2.52. The molecule has 1 unspecified atom stereocenters. The molecule has 0 heterocycles. The minimum atomic E-state index is -0.797. The van der Waals surface area contributed by atoms with Gasteiger partial charge in [-0.1, -0.05) is 42.0 Å². The van der Waals surface area contributed by atoms with E-state index >= 15 is 0 Å². The summed E-state index contributed by atoms with van der Waals surface area (Å²) in [6.07, 6.45) is 0.0782. The molecule has 0 aliphatic heterocycles. The van der Waals surface area contributed by atoms with Crippen molar-refractivity contribution in [1.82, 2.24) is 0 Å². The van der Waals surface area contributed by atoms with Crippen molar-refractivity contribution in [1.29, 1.82) is 0 Å². The second-order valence-corrected chi connectivity index (χ2v) is 5.29. The number of benzene rings is 2. The fourth-order valence-electron chi connectivity index (χ4n) is 2.52. The van der Waals surface area contributed by atoms with Crippen LogP contribution in [-0.4, -0.2) is 18.2 Å². The van der Waals surface area contributed by atoms with Crippen molar-refractivity contribution in [3.8, 4) is 5.75 Å².